The molecule has 0 fully saturated rings. The highest BCUT2D eigenvalue weighted by Gasteiger charge is 2.25. The molecule has 2 aromatic carbocycles. The van der Waals surface area contributed by atoms with Gasteiger partial charge in [-0.05, 0) is 50.3 Å². The maximum absolute atomic E-state index is 13.2. The second-order valence-corrected chi connectivity index (χ2v) is 6.36. The van der Waals surface area contributed by atoms with Gasteiger partial charge in [-0.25, -0.2) is 0 Å². The van der Waals surface area contributed by atoms with Gasteiger partial charge in [-0.15, -0.1) is 0 Å². The molecule has 1 amide bonds. The molecular weight excluding hydrogens is 368 g/mol. The Balaban J connectivity index is 1.88. The minimum atomic E-state index is -0.183. The Morgan fingerprint density at radius 2 is 1.90 bits per heavy atom. The molecule has 0 saturated heterocycles. The summed E-state index contributed by atoms with van der Waals surface area (Å²) < 4.78 is 16.9. The highest BCUT2D eigenvalue weighted by atomic mass is 16.5. The number of hydrogen-bond acceptors (Lipinski definition) is 5. The molecule has 0 bridgehead atoms. The van der Waals surface area contributed by atoms with Gasteiger partial charge in [0.15, 0.2) is 11.5 Å². The largest absolute Gasteiger partial charge is 0.494 e. The number of hydrogen-bond donors (Lipinski definition) is 0. The van der Waals surface area contributed by atoms with E-state index in [2.05, 4.69) is 6.07 Å². The number of amides is 1. The Morgan fingerprint density at radius 3 is 2.59 bits per heavy atom. The van der Waals surface area contributed by atoms with Gasteiger partial charge in [-0.3, -0.25) is 4.79 Å². The number of nitrogens with zero attached hydrogens (tertiary/aromatic N) is 2. The SMILES string of the molecule is CCOc1ccc(N(CCC#N)C(=O)C2=Cc3cccc(OCC)c3OC2)cc1. The second-order valence-electron chi connectivity index (χ2n) is 6.36. The number of rotatable bonds is 8. The third-order valence-electron chi connectivity index (χ3n) is 4.44. The van der Waals surface area contributed by atoms with Crippen molar-refractivity contribution in [3.8, 4) is 23.3 Å². The quantitative estimate of drug-likeness (QED) is 0.673. The van der Waals surface area contributed by atoms with Crippen LogP contribution in [-0.2, 0) is 4.79 Å². The van der Waals surface area contributed by atoms with Crippen LogP contribution in [0.15, 0.2) is 48.0 Å². The van der Waals surface area contributed by atoms with Crippen molar-refractivity contribution in [1.82, 2.24) is 0 Å². The van der Waals surface area contributed by atoms with Crippen molar-refractivity contribution in [3.63, 3.8) is 0 Å². The molecule has 0 aliphatic carbocycles. The molecule has 6 heteroatoms. The Hall–Kier alpha value is -3.46. The van der Waals surface area contributed by atoms with E-state index in [1.165, 1.54) is 0 Å². The van der Waals surface area contributed by atoms with Crippen molar-refractivity contribution >= 4 is 17.7 Å². The molecule has 0 N–H and O–H groups in total. The van der Waals surface area contributed by atoms with E-state index in [0.717, 1.165) is 11.3 Å². The van der Waals surface area contributed by atoms with E-state index in [4.69, 9.17) is 19.5 Å². The summed E-state index contributed by atoms with van der Waals surface area (Å²) >= 11 is 0. The Bertz CT molecular complexity index is 929. The second kappa shape index (κ2) is 9.65. The van der Waals surface area contributed by atoms with Crippen LogP contribution < -0.4 is 19.1 Å². The van der Waals surface area contributed by atoms with Gasteiger partial charge < -0.3 is 19.1 Å². The minimum Gasteiger partial charge on any atom is -0.494 e. The number of ether oxygens (including phenoxy) is 3. The van der Waals surface area contributed by atoms with E-state index in [0.29, 0.717) is 42.5 Å². The number of para-hydroxylation sites is 1. The predicted octanol–water partition coefficient (Wildman–Crippen LogP) is 4.21. The summed E-state index contributed by atoms with van der Waals surface area (Å²) in [4.78, 5) is 14.8. The molecule has 6 nitrogen and oxygen atoms in total. The summed E-state index contributed by atoms with van der Waals surface area (Å²) in [5, 5.41) is 9.02. The molecule has 0 radical (unpaired) electrons. The smallest absolute Gasteiger partial charge is 0.257 e. The first-order chi connectivity index (χ1) is 14.2. The monoisotopic (exact) mass is 392 g/mol. The fourth-order valence-corrected chi connectivity index (χ4v) is 3.14. The number of nitriles is 1. The van der Waals surface area contributed by atoms with Gasteiger partial charge in [-0.1, -0.05) is 12.1 Å². The topological polar surface area (TPSA) is 71.8 Å². The zero-order valence-electron chi connectivity index (χ0n) is 16.7. The molecule has 3 rings (SSSR count). The van der Waals surface area contributed by atoms with Crippen LogP contribution in [0.2, 0.25) is 0 Å². The molecule has 0 saturated carbocycles. The number of anilines is 1. The fraction of sp³-hybridized carbons (Fsp3) is 0.304. The van der Waals surface area contributed by atoms with Crippen molar-refractivity contribution in [2.24, 2.45) is 0 Å². The van der Waals surface area contributed by atoms with Gasteiger partial charge in [0.1, 0.15) is 12.4 Å². The molecule has 1 aliphatic rings. The minimum absolute atomic E-state index is 0.149. The van der Waals surface area contributed by atoms with E-state index in [9.17, 15) is 4.79 Å². The fourth-order valence-electron chi connectivity index (χ4n) is 3.14. The molecule has 1 heterocycles. The van der Waals surface area contributed by atoms with Gasteiger partial charge in [0.05, 0.1) is 31.3 Å². The zero-order chi connectivity index (χ0) is 20.6. The lowest BCUT2D eigenvalue weighted by atomic mass is 10.1. The number of carbonyl (C=O) groups is 1. The van der Waals surface area contributed by atoms with E-state index in [1.807, 2.05) is 62.4 Å². The molecule has 29 heavy (non-hydrogen) atoms. The van der Waals surface area contributed by atoms with Gasteiger partial charge in [0, 0.05) is 17.8 Å². The van der Waals surface area contributed by atoms with Gasteiger partial charge >= 0.3 is 0 Å². The average Bonchev–Trinajstić information content (AvgIpc) is 2.75. The first-order valence-corrected chi connectivity index (χ1v) is 9.68. The Morgan fingerprint density at radius 1 is 1.14 bits per heavy atom. The van der Waals surface area contributed by atoms with Gasteiger partial charge in [0.25, 0.3) is 5.91 Å². The maximum Gasteiger partial charge on any atom is 0.257 e. The van der Waals surface area contributed by atoms with Crippen molar-refractivity contribution in [2.45, 2.75) is 20.3 Å². The molecular formula is C23H24N2O4. The third-order valence-corrected chi connectivity index (χ3v) is 4.44. The summed E-state index contributed by atoms with van der Waals surface area (Å²) in [6.45, 7) is 5.39. The number of carbonyl (C=O) groups excluding carboxylic acids is 1. The van der Waals surface area contributed by atoms with Crippen LogP contribution in [0.3, 0.4) is 0 Å². The summed E-state index contributed by atoms with van der Waals surface area (Å²) in [7, 11) is 0. The molecule has 0 atom stereocenters. The van der Waals surface area contributed by atoms with Crippen LogP contribution in [0.1, 0.15) is 25.8 Å². The lowest BCUT2D eigenvalue weighted by Gasteiger charge is -2.26. The van der Waals surface area contributed by atoms with E-state index in [-0.39, 0.29) is 18.9 Å². The molecule has 0 unspecified atom stereocenters. The number of benzene rings is 2. The van der Waals surface area contributed by atoms with Gasteiger partial charge in [0.2, 0.25) is 0 Å². The normalized spacial score (nSPS) is 12.1. The maximum atomic E-state index is 13.2. The highest BCUT2D eigenvalue weighted by molar-refractivity contribution is 6.09. The standard InChI is InChI=1S/C23H24N2O4/c1-3-27-20-11-9-19(10-12-20)25(14-6-13-24)23(26)18-15-17-7-5-8-21(28-4-2)22(17)29-16-18/h5,7-12,15H,3-4,6,14,16H2,1-2H3. The van der Waals surface area contributed by atoms with Crippen molar-refractivity contribution in [2.75, 3.05) is 31.3 Å². The molecule has 0 aromatic heterocycles. The van der Waals surface area contributed by atoms with Crippen LogP contribution in [0.5, 0.6) is 17.2 Å². The molecule has 2 aromatic rings. The summed E-state index contributed by atoms with van der Waals surface area (Å²) in [6.07, 6.45) is 2.07. The lowest BCUT2D eigenvalue weighted by molar-refractivity contribution is -0.115. The lowest BCUT2D eigenvalue weighted by Crippen LogP contribution is -2.35. The summed E-state index contributed by atoms with van der Waals surface area (Å²) in [5.74, 6) is 1.87. The summed E-state index contributed by atoms with van der Waals surface area (Å²) in [5.41, 5.74) is 2.04. The highest BCUT2D eigenvalue weighted by Crippen LogP contribution is 2.36. The Kier molecular flexibility index (Phi) is 6.75. The van der Waals surface area contributed by atoms with E-state index < -0.39 is 0 Å². The van der Waals surface area contributed by atoms with Crippen molar-refractivity contribution < 1.29 is 19.0 Å². The predicted molar refractivity (Wildman–Crippen MR) is 111 cm³/mol. The van der Waals surface area contributed by atoms with Gasteiger partial charge in [-0.2, -0.15) is 5.26 Å². The average molecular weight is 392 g/mol. The zero-order valence-corrected chi connectivity index (χ0v) is 16.7. The molecule has 0 spiro atoms. The summed E-state index contributed by atoms with van der Waals surface area (Å²) in [6, 6.07) is 15.0. The van der Waals surface area contributed by atoms with Crippen LogP contribution in [-0.4, -0.2) is 32.3 Å². The third kappa shape index (κ3) is 4.69. The number of fused-ring (bicyclic) bond motifs is 1. The van der Waals surface area contributed by atoms with Crippen LogP contribution in [0.4, 0.5) is 5.69 Å². The van der Waals surface area contributed by atoms with Crippen molar-refractivity contribution in [3.05, 3.63) is 53.6 Å². The van der Waals surface area contributed by atoms with Crippen LogP contribution in [0.25, 0.3) is 6.08 Å². The first-order valence-electron chi connectivity index (χ1n) is 9.68. The molecule has 1 aliphatic heterocycles. The van der Waals surface area contributed by atoms with Crippen LogP contribution >= 0.6 is 0 Å². The molecule has 150 valence electrons. The Labute approximate surface area is 170 Å². The first kappa shape index (κ1) is 20.3. The van der Waals surface area contributed by atoms with Crippen molar-refractivity contribution in [1.29, 1.82) is 5.26 Å². The van der Waals surface area contributed by atoms with Crippen LogP contribution in [0, 0.1) is 11.3 Å². The van der Waals surface area contributed by atoms with E-state index >= 15 is 0 Å². The van der Waals surface area contributed by atoms with E-state index in [1.54, 1.807) is 4.90 Å².